The molecule has 18 heavy (non-hydrogen) atoms. The molecular weight excluding hydrogens is 279 g/mol. The maximum atomic E-state index is 10.9. The third-order valence-electron chi connectivity index (χ3n) is 2.33. The molecule has 0 spiro atoms. The Morgan fingerprint density at radius 1 is 1.44 bits per heavy atom. The number of hydrogen-bond donors (Lipinski definition) is 1. The lowest BCUT2D eigenvalue weighted by Crippen LogP contribution is -2.16. The first kappa shape index (κ1) is 15.0. The van der Waals surface area contributed by atoms with Gasteiger partial charge in [-0.2, -0.15) is 0 Å². The Labute approximate surface area is 115 Å². The molecule has 100 valence electrons. The molecule has 1 aromatic rings. The third kappa shape index (κ3) is 4.01. The zero-order valence-corrected chi connectivity index (χ0v) is 11.6. The Morgan fingerprint density at radius 3 is 2.61 bits per heavy atom. The molecule has 0 aromatic heterocycles. The number of nitrogens with zero attached hydrogens (tertiary/aromatic N) is 1. The van der Waals surface area contributed by atoms with Crippen LogP contribution in [0.25, 0.3) is 0 Å². The fraction of sp³-hybridized carbons (Fsp3) is 0.455. The summed E-state index contributed by atoms with van der Waals surface area (Å²) in [6, 6.07) is 2.70. The van der Waals surface area contributed by atoms with Gasteiger partial charge in [-0.3, -0.25) is 10.1 Å². The van der Waals surface area contributed by atoms with Gasteiger partial charge in [-0.15, -0.1) is 0 Å². The molecule has 1 rings (SSSR count). The summed E-state index contributed by atoms with van der Waals surface area (Å²) in [5.74, 6) is 0.226. The van der Waals surface area contributed by atoms with E-state index in [-0.39, 0.29) is 21.7 Å². The van der Waals surface area contributed by atoms with Crippen LogP contribution in [0, 0.1) is 16.0 Å². The number of hydrogen-bond acceptors (Lipinski definition) is 4. The Morgan fingerprint density at radius 2 is 2.06 bits per heavy atom. The van der Waals surface area contributed by atoms with Gasteiger partial charge in [-0.1, -0.05) is 30.1 Å². The molecule has 7 heteroatoms. The first-order chi connectivity index (χ1) is 8.45. The van der Waals surface area contributed by atoms with Crippen molar-refractivity contribution in [2.24, 2.45) is 5.92 Å². The van der Waals surface area contributed by atoms with E-state index in [4.69, 9.17) is 27.9 Å². The molecule has 0 saturated heterocycles. The van der Waals surface area contributed by atoms with Crippen molar-refractivity contribution in [1.29, 1.82) is 0 Å². The molecule has 0 amide bonds. The molecule has 1 aromatic carbocycles. The summed E-state index contributed by atoms with van der Waals surface area (Å²) >= 11 is 11.6. The fourth-order valence-corrected chi connectivity index (χ4v) is 1.78. The van der Waals surface area contributed by atoms with E-state index in [0.29, 0.717) is 18.8 Å². The van der Waals surface area contributed by atoms with Gasteiger partial charge in [0, 0.05) is 19.7 Å². The van der Waals surface area contributed by atoms with E-state index >= 15 is 0 Å². The Kier molecular flexibility index (Phi) is 5.65. The molecule has 0 bridgehead atoms. The highest BCUT2D eigenvalue weighted by molar-refractivity contribution is 6.42. The predicted molar refractivity (Wildman–Crippen MR) is 72.6 cm³/mol. The van der Waals surface area contributed by atoms with Crippen LogP contribution in [-0.4, -0.2) is 25.2 Å². The minimum atomic E-state index is -0.495. The number of anilines is 1. The van der Waals surface area contributed by atoms with Crippen molar-refractivity contribution < 1.29 is 9.66 Å². The van der Waals surface area contributed by atoms with E-state index in [2.05, 4.69) is 5.32 Å². The Hall–Kier alpha value is -1.04. The van der Waals surface area contributed by atoms with E-state index in [1.165, 1.54) is 12.1 Å². The van der Waals surface area contributed by atoms with Crippen molar-refractivity contribution >= 4 is 34.6 Å². The third-order valence-corrected chi connectivity index (χ3v) is 3.05. The second-order valence-corrected chi connectivity index (χ2v) is 4.80. The quantitative estimate of drug-likeness (QED) is 0.643. The van der Waals surface area contributed by atoms with E-state index < -0.39 is 4.92 Å². The summed E-state index contributed by atoms with van der Waals surface area (Å²) in [6.45, 7) is 3.09. The zero-order valence-electron chi connectivity index (χ0n) is 10.1. The van der Waals surface area contributed by atoms with Crippen molar-refractivity contribution in [3.05, 3.63) is 32.3 Å². The molecule has 0 saturated carbocycles. The number of ether oxygens (including phenoxy) is 1. The van der Waals surface area contributed by atoms with Crippen LogP contribution >= 0.6 is 23.2 Å². The molecule has 5 nitrogen and oxygen atoms in total. The van der Waals surface area contributed by atoms with Crippen molar-refractivity contribution in [2.75, 3.05) is 25.6 Å². The van der Waals surface area contributed by atoms with Gasteiger partial charge in [-0.05, 0) is 12.0 Å². The normalized spacial score (nSPS) is 12.2. The minimum absolute atomic E-state index is 0.0889. The molecule has 1 N–H and O–H groups in total. The first-order valence-electron chi connectivity index (χ1n) is 5.32. The summed E-state index contributed by atoms with van der Waals surface area (Å²) in [5, 5.41) is 14.3. The zero-order chi connectivity index (χ0) is 13.7. The lowest BCUT2D eigenvalue weighted by Gasteiger charge is -2.13. The average molecular weight is 293 g/mol. The van der Waals surface area contributed by atoms with Gasteiger partial charge in [0.15, 0.2) is 0 Å². The second kappa shape index (κ2) is 6.78. The van der Waals surface area contributed by atoms with Crippen LogP contribution in [0.15, 0.2) is 12.1 Å². The van der Waals surface area contributed by atoms with Crippen LogP contribution in [-0.2, 0) is 4.74 Å². The van der Waals surface area contributed by atoms with Crippen molar-refractivity contribution in [1.82, 2.24) is 0 Å². The molecule has 0 aliphatic heterocycles. The van der Waals surface area contributed by atoms with Crippen LogP contribution in [0.3, 0.4) is 0 Å². The molecule has 1 atom stereocenters. The highest BCUT2D eigenvalue weighted by Gasteiger charge is 2.17. The number of benzene rings is 1. The van der Waals surface area contributed by atoms with Crippen LogP contribution in [0.2, 0.25) is 10.0 Å². The van der Waals surface area contributed by atoms with Gasteiger partial charge in [0.25, 0.3) is 5.69 Å². The minimum Gasteiger partial charge on any atom is -0.384 e. The topological polar surface area (TPSA) is 64.4 Å². The van der Waals surface area contributed by atoms with Crippen LogP contribution < -0.4 is 5.32 Å². The van der Waals surface area contributed by atoms with Crippen LogP contribution in [0.4, 0.5) is 11.4 Å². The van der Waals surface area contributed by atoms with Crippen LogP contribution in [0.5, 0.6) is 0 Å². The highest BCUT2D eigenvalue weighted by atomic mass is 35.5. The Balaban J connectivity index is 2.86. The smallest absolute Gasteiger partial charge is 0.293 e. The van der Waals surface area contributed by atoms with E-state index in [9.17, 15) is 10.1 Å². The van der Waals surface area contributed by atoms with E-state index in [1.807, 2.05) is 6.92 Å². The molecule has 0 aliphatic rings. The predicted octanol–water partition coefficient (Wildman–Crippen LogP) is 3.60. The summed E-state index contributed by atoms with van der Waals surface area (Å²) in [6.07, 6.45) is 0. The fourth-order valence-electron chi connectivity index (χ4n) is 1.46. The number of halogens is 2. The largest absolute Gasteiger partial charge is 0.384 e. The van der Waals surface area contributed by atoms with Gasteiger partial charge < -0.3 is 10.1 Å². The maximum absolute atomic E-state index is 10.9. The molecule has 0 fully saturated rings. The summed E-state index contributed by atoms with van der Waals surface area (Å²) in [4.78, 5) is 10.4. The van der Waals surface area contributed by atoms with Crippen molar-refractivity contribution in [3.63, 3.8) is 0 Å². The first-order valence-corrected chi connectivity index (χ1v) is 6.07. The Bertz CT molecular complexity index is 441. The van der Waals surface area contributed by atoms with Gasteiger partial charge in [0.1, 0.15) is 5.69 Å². The number of methoxy groups -OCH3 is 1. The molecule has 1 unspecified atom stereocenters. The molecule has 0 aliphatic carbocycles. The van der Waals surface area contributed by atoms with Gasteiger partial charge in [0.05, 0.1) is 21.6 Å². The average Bonchev–Trinajstić information content (AvgIpc) is 2.30. The molecule has 0 heterocycles. The standard InChI is InChI=1S/C11H14Cl2N2O3/c1-7(6-18-2)5-14-10-3-8(12)9(13)4-11(10)15(16)17/h3-4,7,14H,5-6H2,1-2H3. The second-order valence-electron chi connectivity index (χ2n) is 3.98. The van der Waals surface area contributed by atoms with Crippen molar-refractivity contribution in [2.45, 2.75) is 6.92 Å². The van der Waals surface area contributed by atoms with Gasteiger partial charge in [-0.25, -0.2) is 0 Å². The summed E-state index contributed by atoms with van der Waals surface area (Å²) in [7, 11) is 1.61. The number of rotatable bonds is 6. The summed E-state index contributed by atoms with van der Waals surface area (Å²) in [5.41, 5.74) is 0.270. The lowest BCUT2D eigenvalue weighted by atomic mass is 10.2. The van der Waals surface area contributed by atoms with E-state index in [1.54, 1.807) is 7.11 Å². The maximum Gasteiger partial charge on any atom is 0.293 e. The molecular formula is C11H14Cl2N2O3. The summed E-state index contributed by atoms with van der Waals surface area (Å²) < 4.78 is 4.99. The van der Waals surface area contributed by atoms with E-state index in [0.717, 1.165) is 0 Å². The SMILES string of the molecule is COCC(C)CNc1cc(Cl)c(Cl)cc1[N+](=O)[O-]. The number of nitro groups is 1. The number of nitro benzene ring substituents is 1. The molecule has 0 radical (unpaired) electrons. The van der Waals surface area contributed by atoms with Gasteiger partial charge in [0.2, 0.25) is 0 Å². The monoisotopic (exact) mass is 292 g/mol. The lowest BCUT2D eigenvalue weighted by molar-refractivity contribution is -0.383. The highest BCUT2D eigenvalue weighted by Crippen LogP contribution is 2.33. The number of nitrogens with one attached hydrogen (secondary N) is 1. The van der Waals surface area contributed by atoms with Crippen molar-refractivity contribution in [3.8, 4) is 0 Å². The van der Waals surface area contributed by atoms with Gasteiger partial charge >= 0.3 is 0 Å². The van der Waals surface area contributed by atoms with Crippen LogP contribution in [0.1, 0.15) is 6.92 Å².